The Morgan fingerprint density at radius 2 is 1.59 bits per heavy atom. The Morgan fingerprint density at radius 1 is 1.12 bits per heavy atom. The normalized spacial score (nSPS) is 20.4. The zero-order valence-electron chi connectivity index (χ0n) is 9.55. The Bertz CT molecular complexity index is 233. The van der Waals surface area contributed by atoms with Crippen LogP contribution in [0, 0.1) is 0 Å². The number of rotatable bonds is 8. The van der Waals surface area contributed by atoms with Gasteiger partial charge in [-0.3, -0.25) is 0 Å². The molecule has 5 N–H and O–H groups in total. The molecule has 0 bridgehead atoms. The second kappa shape index (κ2) is 7.54. The van der Waals surface area contributed by atoms with Crippen molar-refractivity contribution in [3.8, 4) is 0 Å². The quantitative estimate of drug-likeness (QED) is 0.313. The lowest BCUT2D eigenvalue weighted by Gasteiger charge is -2.31. The fourth-order valence-electron chi connectivity index (χ4n) is 1.38. The minimum atomic E-state index is -1.93. The van der Waals surface area contributed by atoms with Crippen LogP contribution in [0.1, 0.15) is 0 Å². The van der Waals surface area contributed by atoms with Gasteiger partial charge in [0.05, 0.1) is 6.61 Å². The Kier molecular flexibility index (Phi) is 7.19. The third-order valence-electron chi connectivity index (χ3n) is 2.35. The van der Waals surface area contributed by atoms with E-state index in [1.807, 2.05) is 0 Å². The van der Waals surface area contributed by atoms with Crippen LogP contribution < -0.4 is 0 Å². The first kappa shape index (κ1) is 16.2. The molecular formula is C9H18O8. The lowest BCUT2D eigenvalue weighted by Crippen LogP contribution is -2.53. The third kappa shape index (κ3) is 4.19. The van der Waals surface area contributed by atoms with Crippen LogP contribution in [-0.4, -0.2) is 82.8 Å². The average molecular weight is 254 g/mol. The van der Waals surface area contributed by atoms with E-state index in [-0.39, 0.29) is 0 Å². The van der Waals surface area contributed by atoms with E-state index in [4.69, 9.17) is 19.7 Å². The van der Waals surface area contributed by atoms with E-state index in [1.54, 1.807) is 0 Å². The number of methoxy groups -OCH3 is 2. The Labute approximate surface area is 98.0 Å². The monoisotopic (exact) mass is 254 g/mol. The zero-order chi connectivity index (χ0) is 13.6. The lowest BCUT2D eigenvalue weighted by molar-refractivity contribution is -0.179. The maximum absolute atomic E-state index is 10.6. The van der Waals surface area contributed by atoms with Crippen molar-refractivity contribution in [3.63, 3.8) is 0 Å². The van der Waals surface area contributed by atoms with Crippen molar-refractivity contribution in [3.05, 3.63) is 0 Å². The summed E-state index contributed by atoms with van der Waals surface area (Å²) in [5, 5.41) is 45.4. The first-order chi connectivity index (χ1) is 7.90. The van der Waals surface area contributed by atoms with Gasteiger partial charge in [0.15, 0.2) is 6.10 Å². The number of aliphatic carboxylic acids is 1. The predicted molar refractivity (Wildman–Crippen MR) is 54.3 cm³/mol. The molecule has 5 atom stereocenters. The highest BCUT2D eigenvalue weighted by Gasteiger charge is 2.39. The van der Waals surface area contributed by atoms with E-state index in [2.05, 4.69) is 0 Å². The molecule has 0 aliphatic rings. The first-order valence-electron chi connectivity index (χ1n) is 4.84. The smallest absolute Gasteiger partial charge is 0.335 e. The van der Waals surface area contributed by atoms with Crippen LogP contribution in [0.5, 0.6) is 0 Å². The van der Waals surface area contributed by atoms with Crippen LogP contribution in [0.25, 0.3) is 0 Å². The minimum absolute atomic E-state index is 0.735. The molecule has 0 fully saturated rings. The highest BCUT2D eigenvalue weighted by Crippen LogP contribution is 2.14. The van der Waals surface area contributed by atoms with Gasteiger partial charge in [0.1, 0.15) is 24.4 Å². The van der Waals surface area contributed by atoms with Crippen molar-refractivity contribution in [2.45, 2.75) is 30.5 Å². The standard InChI is InChI=1S/C9H18O8/c1-16-7(5(12)4(11)3-10)8(17-2)6(13)9(14)15/h4-8,10-13H,3H2,1-2H3,(H,14,15). The molecule has 0 heterocycles. The van der Waals surface area contributed by atoms with Gasteiger partial charge in [-0.15, -0.1) is 0 Å². The van der Waals surface area contributed by atoms with Gasteiger partial charge in [-0.2, -0.15) is 0 Å². The van der Waals surface area contributed by atoms with E-state index in [9.17, 15) is 20.1 Å². The lowest BCUT2D eigenvalue weighted by atomic mass is 9.99. The number of carbonyl (C=O) groups is 1. The van der Waals surface area contributed by atoms with E-state index >= 15 is 0 Å². The van der Waals surface area contributed by atoms with Gasteiger partial charge in [-0.05, 0) is 0 Å². The summed E-state index contributed by atoms with van der Waals surface area (Å²) in [5.41, 5.74) is 0. The van der Waals surface area contributed by atoms with Gasteiger partial charge in [0.25, 0.3) is 0 Å². The summed E-state index contributed by atoms with van der Waals surface area (Å²) in [7, 11) is 2.28. The third-order valence-corrected chi connectivity index (χ3v) is 2.35. The molecule has 0 rings (SSSR count). The number of carboxylic acids is 1. The van der Waals surface area contributed by atoms with Crippen LogP contribution in [-0.2, 0) is 14.3 Å². The second-order valence-corrected chi connectivity index (χ2v) is 3.42. The topological polar surface area (TPSA) is 137 Å². The van der Waals surface area contributed by atoms with E-state index in [0.717, 1.165) is 14.2 Å². The molecule has 0 aliphatic heterocycles. The molecule has 0 saturated heterocycles. The Hall–Kier alpha value is -0.770. The minimum Gasteiger partial charge on any atom is -0.479 e. The van der Waals surface area contributed by atoms with Gasteiger partial charge in [-0.25, -0.2) is 4.79 Å². The fraction of sp³-hybridized carbons (Fsp3) is 0.889. The molecule has 17 heavy (non-hydrogen) atoms. The molecule has 5 unspecified atom stereocenters. The molecule has 0 spiro atoms. The maximum Gasteiger partial charge on any atom is 0.335 e. The summed E-state index contributed by atoms with van der Waals surface area (Å²) < 4.78 is 9.52. The molecule has 0 aromatic carbocycles. The number of ether oxygens (including phenoxy) is 2. The van der Waals surface area contributed by atoms with E-state index in [0.29, 0.717) is 0 Å². The maximum atomic E-state index is 10.6. The van der Waals surface area contributed by atoms with Crippen LogP contribution in [0.2, 0.25) is 0 Å². The Morgan fingerprint density at radius 3 is 1.88 bits per heavy atom. The molecule has 8 nitrogen and oxygen atoms in total. The molecule has 102 valence electrons. The summed E-state index contributed by atoms with van der Waals surface area (Å²) in [5.74, 6) is -1.55. The number of aliphatic hydroxyl groups excluding tert-OH is 4. The molecular weight excluding hydrogens is 236 g/mol. The number of aliphatic hydroxyl groups is 4. The highest BCUT2D eigenvalue weighted by molar-refractivity contribution is 5.72. The SMILES string of the molecule is COC(C(O)C(=O)O)C(OC)C(O)C(O)CO. The Balaban J connectivity index is 4.86. The summed E-state index contributed by atoms with van der Waals surface area (Å²) >= 11 is 0. The molecule has 0 saturated carbocycles. The van der Waals surface area contributed by atoms with Crippen molar-refractivity contribution in [1.82, 2.24) is 0 Å². The summed E-state index contributed by atoms with van der Waals surface area (Å²) in [6, 6.07) is 0. The van der Waals surface area contributed by atoms with Gasteiger partial charge >= 0.3 is 5.97 Å². The average Bonchev–Trinajstić information content (AvgIpc) is 2.32. The molecule has 0 aromatic rings. The number of carboxylic acid groups (broad SMARTS) is 1. The van der Waals surface area contributed by atoms with Crippen molar-refractivity contribution in [2.24, 2.45) is 0 Å². The largest absolute Gasteiger partial charge is 0.479 e. The summed E-state index contributed by atoms with van der Waals surface area (Å²) in [6.07, 6.45) is -7.73. The first-order valence-corrected chi connectivity index (χ1v) is 4.84. The summed E-state index contributed by atoms with van der Waals surface area (Å²) in [6.45, 7) is -0.735. The predicted octanol–water partition coefficient (Wildman–Crippen LogP) is -2.82. The molecule has 8 heteroatoms. The van der Waals surface area contributed by atoms with Crippen molar-refractivity contribution in [2.75, 3.05) is 20.8 Å². The highest BCUT2D eigenvalue weighted by atomic mass is 16.6. The summed E-state index contributed by atoms with van der Waals surface area (Å²) in [4.78, 5) is 10.6. The van der Waals surface area contributed by atoms with Crippen LogP contribution in [0.3, 0.4) is 0 Å². The van der Waals surface area contributed by atoms with Crippen molar-refractivity contribution in [1.29, 1.82) is 0 Å². The number of hydrogen-bond donors (Lipinski definition) is 5. The molecule has 0 amide bonds. The number of hydrogen-bond acceptors (Lipinski definition) is 7. The second-order valence-electron chi connectivity index (χ2n) is 3.42. The van der Waals surface area contributed by atoms with Crippen LogP contribution in [0.4, 0.5) is 0 Å². The fourth-order valence-corrected chi connectivity index (χ4v) is 1.38. The molecule has 0 aliphatic carbocycles. The van der Waals surface area contributed by atoms with Gasteiger partial charge in [0, 0.05) is 14.2 Å². The van der Waals surface area contributed by atoms with Gasteiger partial charge in [0.2, 0.25) is 0 Å². The van der Waals surface area contributed by atoms with E-state index < -0.39 is 43.1 Å². The zero-order valence-corrected chi connectivity index (χ0v) is 9.55. The van der Waals surface area contributed by atoms with Crippen molar-refractivity contribution >= 4 is 5.97 Å². The molecule has 0 radical (unpaired) electrons. The van der Waals surface area contributed by atoms with Gasteiger partial charge in [-0.1, -0.05) is 0 Å². The van der Waals surface area contributed by atoms with Gasteiger partial charge < -0.3 is 35.0 Å². The van der Waals surface area contributed by atoms with Crippen LogP contribution in [0.15, 0.2) is 0 Å². The van der Waals surface area contributed by atoms with E-state index in [1.165, 1.54) is 0 Å². The van der Waals surface area contributed by atoms with Crippen molar-refractivity contribution < 1.29 is 39.8 Å². The van der Waals surface area contributed by atoms with Crippen LogP contribution >= 0.6 is 0 Å². The molecule has 0 aromatic heterocycles.